The van der Waals surface area contributed by atoms with Gasteiger partial charge in [-0.2, -0.15) is 5.10 Å². The van der Waals surface area contributed by atoms with E-state index >= 15 is 0 Å². The molecule has 4 aromatic rings. The van der Waals surface area contributed by atoms with Crippen molar-refractivity contribution in [1.82, 2.24) is 34.6 Å². The molecule has 1 amide bonds. The van der Waals surface area contributed by atoms with Crippen LogP contribution in [0.1, 0.15) is 33.9 Å². The van der Waals surface area contributed by atoms with Gasteiger partial charge in [0, 0.05) is 31.2 Å². The van der Waals surface area contributed by atoms with Gasteiger partial charge in [0.1, 0.15) is 5.52 Å². The highest BCUT2D eigenvalue weighted by atomic mass is 16.1. The van der Waals surface area contributed by atoms with Gasteiger partial charge in [-0.3, -0.25) is 14.5 Å². The summed E-state index contributed by atoms with van der Waals surface area (Å²) in [5, 5.41) is 7.37. The van der Waals surface area contributed by atoms with Gasteiger partial charge in [-0.25, -0.2) is 9.97 Å². The van der Waals surface area contributed by atoms with Crippen molar-refractivity contribution in [3.63, 3.8) is 0 Å². The Labute approximate surface area is 168 Å². The largest absolute Gasteiger partial charge is 0.352 e. The minimum atomic E-state index is -0.146. The van der Waals surface area contributed by atoms with Crippen molar-refractivity contribution in [1.29, 1.82) is 0 Å². The van der Waals surface area contributed by atoms with Gasteiger partial charge in [-0.1, -0.05) is 6.07 Å². The van der Waals surface area contributed by atoms with E-state index < -0.39 is 0 Å². The van der Waals surface area contributed by atoms with Crippen molar-refractivity contribution in [2.75, 3.05) is 6.54 Å². The lowest BCUT2D eigenvalue weighted by Gasteiger charge is -2.07. The molecule has 4 rings (SSSR count). The number of aromatic nitrogens is 6. The molecule has 1 N–H and O–H groups in total. The Hall–Kier alpha value is -3.55. The summed E-state index contributed by atoms with van der Waals surface area (Å²) in [6.07, 6.45) is 5.89. The summed E-state index contributed by atoms with van der Waals surface area (Å²) in [6.45, 7) is 5.94. The minimum absolute atomic E-state index is 0.146. The van der Waals surface area contributed by atoms with Crippen LogP contribution < -0.4 is 5.32 Å². The third kappa shape index (κ3) is 4.31. The van der Waals surface area contributed by atoms with Gasteiger partial charge in [0.15, 0.2) is 5.65 Å². The second-order valence-corrected chi connectivity index (χ2v) is 7.02. The van der Waals surface area contributed by atoms with E-state index in [1.165, 1.54) is 0 Å². The van der Waals surface area contributed by atoms with Crippen LogP contribution in [0.5, 0.6) is 0 Å². The number of carbonyl (C=O) groups is 1. The fourth-order valence-electron chi connectivity index (χ4n) is 3.29. The van der Waals surface area contributed by atoms with E-state index in [9.17, 15) is 4.79 Å². The molecule has 0 bridgehead atoms. The molecule has 0 unspecified atom stereocenters. The van der Waals surface area contributed by atoms with Gasteiger partial charge < -0.3 is 9.88 Å². The first-order valence-electron chi connectivity index (χ1n) is 9.60. The molecule has 29 heavy (non-hydrogen) atoms. The van der Waals surface area contributed by atoms with Gasteiger partial charge in [0.05, 0.1) is 29.8 Å². The summed E-state index contributed by atoms with van der Waals surface area (Å²) in [5.41, 5.74) is 5.00. The predicted octanol–water partition coefficient (Wildman–Crippen LogP) is 2.51. The molecule has 0 spiro atoms. The number of nitrogens with one attached hydrogen (secondary N) is 1. The number of aryl methyl sites for hydroxylation is 3. The van der Waals surface area contributed by atoms with E-state index in [2.05, 4.69) is 25.4 Å². The highest BCUT2D eigenvalue weighted by molar-refractivity contribution is 5.96. The van der Waals surface area contributed by atoms with Crippen molar-refractivity contribution in [3.8, 4) is 0 Å². The zero-order chi connectivity index (χ0) is 20.2. The van der Waals surface area contributed by atoms with E-state index in [4.69, 9.17) is 0 Å². The first-order valence-corrected chi connectivity index (χ1v) is 9.60. The van der Waals surface area contributed by atoms with Crippen LogP contribution in [0.3, 0.4) is 0 Å². The van der Waals surface area contributed by atoms with Crippen molar-refractivity contribution in [3.05, 3.63) is 71.7 Å². The quantitative estimate of drug-likeness (QED) is 0.491. The highest BCUT2D eigenvalue weighted by Crippen LogP contribution is 2.13. The summed E-state index contributed by atoms with van der Waals surface area (Å²) in [5.74, 6) is -0.146. The molecule has 0 radical (unpaired) electrons. The van der Waals surface area contributed by atoms with Gasteiger partial charge >= 0.3 is 0 Å². The molecule has 0 saturated heterocycles. The second kappa shape index (κ2) is 8.22. The number of amides is 1. The standard InChI is InChI=1S/C21H23N7O/c1-15-10-16(2)28(26-15)9-5-8-23-21(29)17-11-19-20(24-12-17)27(14-25-19)13-18-6-3-4-7-22-18/h3-4,6-7,10-12,14H,5,8-9,13H2,1-2H3,(H,23,29). The third-order valence-electron chi connectivity index (χ3n) is 4.71. The molecule has 0 aromatic carbocycles. The van der Waals surface area contributed by atoms with Crippen LogP contribution >= 0.6 is 0 Å². The van der Waals surface area contributed by atoms with Gasteiger partial charge in [0.2, 0.25) is 0 Å². The van der Waals surface area contributed by atoms with Crippen molar-refractivity contribution in [2.24, 2.45) is 0 Å². The maximum absolute atomic E-state index is 12.5. The van der Waals surface area contributed by atoms with Crippen LogP contribution in [0.2, 0.25) is 0 Å². The molecule has 4 aromatic heterocycles. The zero-order valence-electron chi connectivity index (χ0n) is 16.5. The van der Waals surface area contributed by atoms with Gasteiger partial charge in [-0.15, -0.1) is 0 Å². The lowest BCUT2D eigenvalue weighted by Crippen LogP contribution is -2.25. The molecular formula is C21H23N7O. The van der Waals surface area contributed by atoms with Crippen LogP contribution in [0.4, 0.5) is 0 Å². The third-order valence-corrected chi connectivity index (χ3v) is 4.71. The zero-order valence-corrected chi connectivity index (χ0v) is 16.5. The summed E-state index contributed by atoms with van der Waals surface area (Å²) < 4.78 is 3.89. The highest BCUT2D eigenvalue weighted by Gasteiger charge is 2.11. The summed E-state index contributed by atoms with van der Waals surface area (Å²) in [4.78, 5) is 25.6. The lowest BCUT2D eigenvalue weighted by atomic mass is 10.2. The Kier molecular flexibility index (Phi) is 5.33. The monoisotopic (exact) mass is 389 g/mol. The molecule has 0 aliphatic carbocycles. The van der Waals surface area contributed by atoms with Crippen molar-refractivity contribution < 1.29 is 4.79 Å². The van der Waals surface area contributed by atoms with E-state index in [0.29, 0.717) is 24.2 Å². The van der Waals surface area contributed by atoms with Crippen LogP contribution in [-0.4, -0.2) is 41.8 Å². The second-order valence-electron chi connectivity index (χ2n) is 7.02. The average molecular weight is 389 g/mol. The molecule has 8 nitrogen and oxygen atoms in total. The Morgan fingerprint density at radius 3 is 2.79 bits per heavy atom. The van der Waals surface area contributed by atoms with Crippen LogP contribution in [-0.2, 0) is 13.1 Å². The molecule has 148 valence electrons. The number of rotatable bonds is 7. The molecule has 0 atom stereocenters. The maximum Gasteiger partial charge on any atom is 0.252 e. The maximum atomic E-state index is 12.5. The smallest absolute Gasteiger partial charge is 0.252 e. The topological polar surface area (TPSA) is 90.5 Å². The van der Waals surface area contributed by atoms with E-state index in [1.807, 2.05) is 47.4 Å². The van der Waals surface area contributed by atoms with Crippen molar-refractivity contribution >= 4 is 17.1 Å². The Bertz CT molecular complexity index is 1130. The van der Waals surface area contributed by atoms with E-state index in [0.717, 1.165) is 35.7 Å². The molecule has 0 aliphatic heterocycles. The molecular weight excluding hydrogens is 366 g/mol. The van der Waals surface area contributed by atoms with Crippen molar-refractivity contribution in [2.45, 2.75) is 33.4 Å². The minimum Gasteiger partial charge on any atom is -0.352 e. The molecule has 0 saturated carbocycles. The normalized spacial score (nSPS) is 11.1. The number of hydrogen-bond donors (Lipinski definition) is 1. The fourth-order valence-corrected chi connectivity index (χ4v) is 3.29. The fraction of sp³-hybridized carbons (Fsp3) is 0.286. The summed E-state index contributed by atoms with van der Waals surface area (Å²) >= 11 is 0. The summed E-state index contributed by atoms with van der Waals surface area (Å²) in [6, 6.07) is 9.61. The van der Waals surface area contributed by atoms with E-state index in [1.54, 1.807) is 24.8 Å². The SMILES string of the molecule is Cc1cc(C)n(CCCNC(=O)c2cnc3c(c2)ncn3Cc2ccccn2)n1. The number of imidazole rings is 1. The molecule has 0 aliphatic rings. The number of fused-ring (bicyclic) bond motifs is 1. The van der Waals surface area contributed by atoms with E-state index in [-0.39, 0.29) is 5.91 Å². The number of pyridine rings is 2. The first-order chi connectivity index (χ1) is 14.1. The van der Waals surface area contributed by atoms with Gasteiger partial charge in [-0.05, 0) is 44.5 Å². The van der Waals surface area contributed by atoms with Crippen LogP contribution in [0, 0.1) is 13.8 Å². The number of carbonyl (C=O) groups excluding carboxylic acids is 1. The molecule has 0 fully saturated rings. The average Bonchev–Trinajstić information content (AvgIpc) is 3.27. The Morgan fingerprint density at radius 2 is 2.03 bits per heavy atom. The number of nitrogens with zero attached hydrogens (tertiary/aromatic N) is 6. The van der Waals surface area contributed by atoms with Gasteiger partial charge in [0.25, 0.3) is 5.91 Å². The Balaban J connectivity index is 1.36. The predicted molar refractivity (Wildman–Crippen MR) is 110 cm³/mol. The summed E-state index contributed by atoms with van der Waals surface area (Å²) in [7, 11) is 0. The molecule has 8 heteroatoms. The lowest BCUT2D eigenvalue weighted by molar-refractivity contribution is 0.0952. The van der Waals surface area contributed by atoms with Crippen LogP contribution in [0.15, 0.2) is 49.1 Å². The Morgan fingerprint density at radius 1 is 1.14 bits per heavy atom. The molecule has 4 heterocycles. The van der Waals surface area contributed by atoms with Crippen LogP contribution in [0.25, 0.3) is 11.2 Å². The number of hydrogen-bond acceptors (Lipinski definition) is 5. The first kappa shape index (κ1) is 18.8.